The summed E-state index contributed by atoms with van der Waals surface area (Å²) in [7, 11) is 0. The summed E-state index contributed by atoms with van der Waals surface area (Å²) in [4.78, 5) is 10.6. The number of nitrogens with one attached hydrogen (secondary N) is 1. The number of ether oxygens (including phenoxy) is 1. The number of rotatable bonds is 2. The van der Waals surface area contributed by atoms with Crippen molar-refractivity contribution in [2.75, 3.05) is 13.2 Å². The molecule has 0 rings (SSSR count). The second-order valence-electron chi connectivity index (χ2n) is 1.72. The van der Waals surface area contributed by atoms with Crippen LogP contribution in [0.1, 0.15) is 6.92 Å². The number of alkyl halides is 3. The summed E-state index contributed by atoms with van der Waals surface area (Å²) in [5.74, 6) is 0. The van der Waals surface area contributed by atoms with E-state index in [0.717, 1.165) is 0 Å². The first-order valence-electron chi connectivity index (χ1n) is 2.93. The van der Waals surface area contributed by atoms with E-state index >= 15 is 0 Å². The Balaban J connectivity index is 3.46. The van der Waals surface area contributed by atoms with Crippen LogP contribution in [0.15, 0.2) is 0 Å². The highest BCUT2D eigenvalue weighted by Gasteiger charge is 2.21. The molecule has 0 atom stereocenters. The monoisotopic (exact) mass is 219 g/mol. The SMILES string of the molecule is CCNC(=O)OCC(Cl)(Cl)Cl. The number of halogens is 3. The fraction of sp³-hybridized carbons (Fsp3) is 0.800. The maximum absolute atomic E-state index is 10.6. The molecule has 0 spiro atoms. The summed E-state index contributed by atoms with van der Waals surface area (Å²) < 4.78 is 2.96. The third-order valence-corrected chi connectivity index (χ3v) is 1.02. The number of amides is 1. The first-order valence-corrected chi connectivity index (χ1v) is 4.06. The highest BCUT2D eigenvalue weighted by molar-refractivity contribution is 6.67. The molecule has 0 aromatic rings. The Kier molecular flexibility index (Phi) is 4.97. The van der Waals surface area contributed by atoms with Gasteiger partial charge < -0.3 is 10.1 Å². The number of carbonyl (C=O) groups excluding carboxylic acids is 1. The van der Waals surface area contributed by atoms with Gasteiger partial charge in [0.15, 0.2) is 0 Å². The van der Waals surface area contributed by atoms with Gasteiger partial charge in [-0.25, -0.2) is 4.79 Å². The van der Waals surface area contributed by atoms with Crippen molar-refractivity contribution in [2.24, 2.45) is 0 Å². The van der Waals surface area contributed by atoms with E-state index in [2.05, 4.69) is 10.1 Å². The van der Waals surface area contributed by atoms with Crippen LogP contribution in [-0.2, 0) is 4.74 Å². The first-order chi connectivity index (χ1) is 4.95. The number of carbonyl (C=O) groups is 1. The van der Waals surface area contributed by atoms with Crippen molar-refractivity contribution in [1.29, 1.82) is 0 Å². The van der Waals surface area contributed by atoms with E-state index in [1.54, 1.807) is 6.92 Å². The molecule has 1 amide bonds. The predicted octanol–water partition coefficient (Wildman–Crippen LogP) is 2.10. The Labute approximate surface area is 79.9 Å². The standard InChI is InChI=1S/C5H8Cl3NO2/c1-2-9-4(10)11-3-5(6,7)8/h2-3H2,1H3,(H,9,10). The minimum absolute atomic E-state index is 0.247. The molecule has 0 radical (unpaired) electrons. The van der Waals surface area contributed by atoms with Crippen LogP contribution in [0, 0.1) is 0 Å². The Morgan fingerprint density at radius 2 is 2.09 bits per heavy atom. The molecule has 0 aromatic heterocycles. The van der Waals surface area contributed by atoms with E-state index < -0.39 is 9.89 Å². The van der Waals surface area contributed by atoms with Crippen LogP contribution in [0.4, 0.5) is 4.79 Å². The Hall–Kier alpha value is 0.140. The van der Waals surface area contributed by atoms with Crippen molar-refractivity contribution >= 4 is 40.9 Å². The van der Waals surface area contributed by atoms with Crippen LogP contribution in [0.2, 0.25) is 0 Å². The van der Waals surface area contributed by atoms with Gasteiger partial charge in [0, 0.05) is 6.54 Å². The van der Waals surface area contributed by atoms with Gasteiger partial charge in [0.1, 0.15) is 6.61 Å². The van der Waals surface area contributed by atoms with Crippen molar-refractivity contribution in [3.8, 4) is 0 Å². The van der Waals surface area contributed by atoms with Crippen molar-refractivity contribution in [3.63, 3.8) is 0 Å². The molecule has 0 saturated carbocycles. The molecule has 11 heavy (non-hydrogen) atoms. The van der Waals surface area contributed by atoms with E-state index in [9.17, 15) is 4.79 Å². The molecule has 0 unspecified atom stereocenters. The summed E-state index contributed by atoms with van der Waals surface area (Å²) in [5, 5.41) is 2.38. The summed E-state index contributed by atoms with van der Waals surface area (Å²) >= 11 is 15.9. The van der Waals surface area contributed by atoms with E-state index in [4.69, 9.17) is 34.8 Å². The first kappa shape index (κ1) is 11.1. The minimum Gasteiger partial charge on any atom is -0.445 e. The van der Waals surface area contributed by atoms with Gasteiger partial charge in [0.05, 0.1) is 0 Å². The second kappa shape index (κ2) is 4.91. The van der Waals surface area contributed by atoms with Gasteiger partial charge >= 0.3 is 6.09 Å². The molecular weight excluding hydrogens is 212 g/mol. The van der Waals surface area contributed by atoms with Crippen molar-refractivity contribution in [2.45, 2.75) is 10.7 Å². The lowest BCUT2D eigenvalue weighted by Crippen LogP contribution is -2.27. The smallest absolute Gasteiger partial charge is 0.407 e. The highest BCUT2D eigenvalue weighted by atomic mass is 35.6. The normalized spacial score (nSPS) is 10.9. The van der Waals surface area contributed by atoms with Gasteiger partial charge in [0.2, 0.25) is 3.79 Å². The van der Waals surface area contributed by atoms with E-state index in [1.807, 2.05) is 0 Å². The van der Waals surface area contributed by atoms with Gasteiger partial charge in [-0.15, -0.1) is 0 Å². The van der Waals surface area contributed by atoms with Crippen LogP contribution in [-0.4, -0.2) is 23.0 Å². The molecule has 0 bridgehead atoms. The zero-order chi connectivity index (χ0) is 8.91. The average Bonchev–Trinajstić information content (AvgIpc) is 1.83. The quantitative estimate of drug-likeness (QED) is 0.724. The van der Waals surface area contributed by atoms with Crippen molar-refractivity contribution in [1.82, 2.24) is 5.32 Å². The lowest BCUT2D eigenvalue weighted by Gasteiger charge is -2.10. The van der Waals surface area contributed by atoms with Gasteiger partial charge in [-0.05, 0) is 6.92 Å². The van der Waals surface area contributed by atoms with Crippen LogP contribution >= 0.6 is 34.8 Å². The highest BCUT2D eigenvalue weighted by Crippen LogP contribution is 2.25. The zero-order valence-electron chi connectivity index (χ0n) is 5.86. The van der Waals surface area contributed by atoms with Crippen LogP contribution in [0.25, 0.3) is 0 Å². The largest absolute Gasteiger partial charge is 0.445 e. The minimum atomic E-state index is -1.54. The number of alkyl carbamates (subject to hydrolysis) is 1. The fourth-order valence-electron chi connectivity index (χ4n) is 0.343. The molecule has 0 saturated heterocycles. The molecular formula is C5H8Cl3NO2. The summed E-state index contributed by atoms with van der Waals surface area (Å²) in [6, 6.07) is 0. The Bertz CT molecular complexity index is 134. The third kappa shape index (κ3) is 8.04. The zero-order valence-corrected chi connectivity index (χ0v) is 8.13. The molecule has 66 valence electrons. The molecule has 0 aliphatic rings. The molecule has 0 fully saturated rings. The average molecular weight is 220 g/mol. The van der Waals surface area contributed by atoms with E-state index in [0.29, 0.717) is 6.54 Å². The summed E-state index contributed by atoms with van der Waals surface area (Å²) in [5.41, 5.74) is 0. The Morgan fingerprint density at radius 3 is 2.45 bits per heavy atom. The molecule has 0 aliphatic heterocycles. The third-order valence-electron chi connectivity index (χ3n) is 0.688. The molecule has 0 heterocycles. The molecule has 1 N–H and O–H groups in total. The van der Waals surface area contributed by atoms with E-state index in [-0.39, 0.29) is 6.61 Å². The lowest BCUT2D eigenvalue weighted by atomic mass is 10.7. The van der Waals surface area contributed by atoms with Crippen LogP contribution in [0.3, 0.4) is 0 Å². The molecule has 3 nitrogen and oxygen atoms in total. The topological polar surface area (TPSA) is 38.3 Å². The van der Waals surface area contributed by atoms with Gasteiger partial charge in [-0.2, -0.15) is 0 Å². The van der Waals surface area contributed by atoms with Crippen molar-refractivity contribution in [3.05, 3.63) is 0 Å². The predicted molar refractivity (Wildman–Crippen MR) is 45.3 cm³/mol. The van der Waals surface area contributed by atoms with Crippen LogP contribution in [0.5, 0.6) is 0 Å². The molecule has 0 aromatic carbocycles. The molecule has 0 aliphatic carbocycles. The lowest BCUT2D eigenvalue weighted by molar-refractivity contribution is 0.149. The van der Waals surface area contributed by atoms with Gasteiger partial charge in [0.25, 0.3) is 0 Å². The summed E-state index contributed by atoms with van der Waals surface area (Å²) in [6.07, 6.45) is -0.584. The molecule has 6 heteroatoms. The van der Waals surface area contributed by atoms with Crippen molar-refractivity contribution < 1.29 is 9.53 Å². The van der Waals surface area contributed by atoms with Gasteiger partial charge in [-0.3, -0.25) is 0 Å². The summed E-state index contributed by atoms with van der Waals surface area (Å²) in [6.45, 7) is 2.00. The maximum atomic E-state index is 10.6. The van der Waals surface area contributed by atoms with E-state index in [1.165, 1.54) is 0 Å². The maximum Gasteiger partial charge on any atom is 0.407 e. The van der Waals surface area contributed by atoms with Crippen LogP contribution < -0.4 is 5.32 Å². The second-order valence-corrected chi connectivity index (χ2v) is 4.24. The fourth-order valence-corrected chi connectivity index (χ4v) is 0.506. The Morgan fingerprint density at radius 1 is 1.55 bits per heavy atom. The number of hydrogen-bond acceptors (Lipinski definition) is 2. The van der Waals surface area contributed by atoms with Gasteiger partial charge in [-0.1, -0.05) is 34.8 Å². The number of hydrogen-bond donors (Lipinski definition) is 1.